The number of hydrogen-bond donors (Lipinski definition) is 4. The summed E-state index contributed by atoms with van der Waals surface area (Å²) in [6, 6.07) is 16.4. The number of aromatic amines is 1. The van der Waals surface area contributed by atoms with Gasteiger partial charge in [-0.05, 0) is 49.5 Å². The van der Waals surface area contributed by atoms with Crippen molar-refractivity contribution in [1.82, 2.24) is 19.9 Å². The highest BCUT2D eigenvalue weighted by Crippen LogP contribution is 2.51. The quantitative estimate of drug-likeness (QED) is 0.232. The number of rotatable bonds is 2. The Labute approximate surface area is 191 Å². The van der Waals surface area contributed by atoms with Crippen molar-refractivity contribution < 1.29 is 15.3 Å². The van der Waals surface area contributed by atoms with Crippen LogP contribution in [0.5, 0.6) is 0 Å². The Kier molecular flexibility index (Phi) is 3.98. The van der Waals surface area contributed by atoms with Crippen LogP contribution >= 0.6 is 11.8 Å². The van der Waals surface area contributed by atoms with E-state index in [1.54, 1.807) is 6.33 Å². The highest BCUT2D eigenvalue weighted by Gasteiger charge is 2.43. The van der Waals surface area contributed by atoms with E-state index in [0.717, 1.165) is 37.9 Å². The van der Waals surface area contributed by atoms with Gasteiger partial charge in [0.1, 0.15) is 29.1 Å². The Morgan fingerprint density at radius 3 is 2.45 bits per heavy atom. The molecule has 162 valence electrons. The SMILES string of the molecule is OC1c2cc3ccc4cccc5ccc(c2[C@H](Sc2ncnc6nc[nH]c26)C(O)C1O)c3c45. The minimum atomic E-state index is -1.32. The number of nitrogens with one attached hydrogen (secondary N) is 1. The van der Waals surface area contributed by atoms with Crippen molar-refractivity contribution in [2.45, 2.75) is 28.6 Å². The van der Waals surface area contributed by atoms with E-state index in [2.05, 4.69) is 56.3 Å². The molecule has 33 heavy (non-hydrogen) atoms. The average Bonchev–Trinajstić information content (AvgIpc) is 3.33. The van der Waals surface area contributed by atoms with Crippen molar-refractivity contribution in [3.05, 3.63) is 72.3 Å². The van der Waals surface area contributed by atoms with Gasteiger partial charge in [-0.3, -0.25) is 0 Å². The van der Waals surface area contributed by atoms with Gasteiger partial charge in [-0.1, -0.05) is 54.2 Å². The summed E-state index contributed by atoms with van der Waals surface area (Å²) in [5.74, 6) is 0. The maximum absolute atomic E-state index is 11.1. The molecule has 0 fully saturated rings. The van der Waals surface area contributed by atoms with Crippen LogP contribution in [0.2, 0.25) is 0 Å². The predicted octanol–water partition coefficient (Wildman–Crippen LogP) is 3.85. The molecule has 1 aliphatic rings. The summed E-state index contributed by atoms with van der Waals surface area (Å²) in [6.45, 7) is 0. The largest absolute Gasteiger partial charge is 0.389 e. The lowest BCUT2D eigenvalue weighted by atomic mass is 9.80. The third kappa shape index (κ3) is 2.60. The lowest BCUT2D eigenvalue weighted by Crippen LogP contribution is -2.40. The first-order valence-electron chi connectivity index (χ1n) is 10.7. The van der Waals surface area contributed by atoms with Gasteiger partial charge in [0, 0.05) is 0 Å². The number of aliphatic hydroxyl groups excluding tert-OH is 3. The van der Waals surface area contributed by atoms with Gasteiger partial charge in [-0.2, -0.15) is 0 Å². The summed E-state index contributed by atoms with van der Waals surface area (Å²) in [4.78, 5) is 15.8. The first-order chi connectivity index (χ1) is 16.1. The summed E-state index contributed by atoms with van der Waals surface area (Å²) in [6.07, 6.45) is -0.699. The molecule has 2 heterocycles. The van der Waals surface area contributed by atoms with E-state index >= 15 is 0 Å². The molecule has 0 radical (unpaired) electrons. The molecule has 0 amide bonds. The molecule has 8 heteroatoms. The Bertz CT molecular complexity index is 1670. The lowest BCUT2D eigenvalue weighted by Gasteiger charge is -2.38. The molecule has 4 N–H and O–H groups in total. The highest BCUT2D eigenvalue weighted by molar-refractivity contribution is 7.99. The third-order valence-corrected chi connectivity index (χ3v) is 8.04. The first kappa shape index (κ1) is 19.2. The van der Waals surface area contributed by atoms with Gasteiger partial charge in [0.15, 0.2) is 5.65 Å². The molecular weight excluding hydrogens is 436 g/mol. The number of H-pyrrole nitrogens is 1. The van der Waals surface area contributed by atoms with Gasteiger partial charge in [0.05, 0.1) is 17.7 Å². The topological polar surface area (TPSA) is 115 Å². The van der Waals surface area contributed by atoms with Crippen LogP contribution in [-0.4, -0.2) is 47.5 Å². The van der Waals surface area contributed by atoms with Crippen LogP contribution in [-0.2, 0) is 0 Å². The molecule has 3 unspecified atom stereocenters. The van der Waals surface area contributed by atoms with Crippen molar-refractivity contribution in [3.8, 4) is 0 Å². The van der Waals surface area contributed by atoms with E-state index in [-0.39, 0.29) is 0 Å². The fraction of sp³-hybridized carbons (Fsp3) is 0.160. The van der Waals surface area contributed by atoms with Crippen LogP contribution < -0.4 is 0 Å². The Balaban J connectivity index is 1.54. The fourth-order valence-electron chi connectivity index (χ4n) is 5.22. The minimum absolute atomic E-state index is 0.536. The van der Waals surface area contributed by atoms with E-state index in [1.165, 1.54) is 18.1 Å². The molecule has 1 aliphatic carbocycles. The molecule has 0 aliphatic heterocycles. The summed E-state index contributed by atoms with van der Waals surface area (Å²) < 4.78 is 0. The molecule has 0 bridgehead atoms. The number of aliphatic hydroxyl groups is 3. The van der Waals surface area contributed by atoms with E-state index in [0.29, 0.717) is 21.8 Å². The zero-order valence-corrected chi connectivity index (χ0v) is 18.0. The number of thioether (sulfide) groups is 1. The van der Waals surface area contributed by atoms with Crippen LogP contribution in [0.25, 0.3) is 43.5 Å². The highest BCUT2D eigenvalue weighted by atomic mass is 32.2. The van der Waals surface area contributed by atoms with Gasteiger partial charge in [0.25, 0.3) is 0 Å². The predicted molar refractivity (Wildman–Crippen MR) is 127 cm³/mol. The molecule has 4 aromatic carbocycles. The van der Waals surface area contributed by atoms with Crippen LogP contribution in [0.15, 0.2) is 66.2 Å². The van der Waals surface area contributed by atoms with Crippen LogP contribution in [0.1, 0.15) is 22.5 Å². The second-order valence-electron chi connectivity index (χ2n) is 8.48. The summed E-state index contributed by atoms with van der Waals surface area (Å²) in [5.41, 5.74) is 2.66. The standard InChI is InChI=1S/C25H18N4O3S/c30-20-15-8-13-5-4-11-2-1-3-12-6-7-14(17(13)16(11)12)18(15)23(22(32)21(20)31)33-25-19-24(27-9-26-19)28-10-29-25/h1-10,20-23,30-32H,(H,26,27,28,29)/t20?,21?,22?,23-/m0/s1. The number of fused-ring (bicyclic) bond motifs is 3. The summed E-state index contributed by atoms with van der Waals surface area (Å²) in [7, 11) is 0. The van der Waals surface area contributed by atoms with Crippen molar-refractivity contribution in [2.24, 2.45) is 0 Å². The van der Waals surface area contributed by atoms with Gasteiger partial charge in [0.2, 0.25) is 0 Å². The molecule has 0 spiro atoms. The molecule has 4 atom stereocenters. The second-order valence-corrected chi connectivity index (χ2v) is 9.61. The average molecular weight is 455 g/mol. The second kappa shape index (κ2) is 6.85. The fourth-order valence-corrected chi connectivity index (χ4v) is 6.52. The molecule has 0 saturated heterocycles. The molecule has 6 aromatic rings. The lowest BCUT2D eigenvalue weighted by molar-refractivity contribution is -0.0694. The molecular formula is C25H18N4O3S. The van der Waals surface area contributed by atoms with Crippen molar-refractivity contribution >= 4 is 55.2 Å². The minimum Gasteiger partial charge on any atom is -0.389 e. The number of aromatic nitrogens is 4. The van der Waals surface area contributed by atoms with Crippen LogP contribution in [0.3, 0.4) is 0 Å². The zero-order valence-electron chi connectivity index (χ0n) is 17.2. The maximum atomic E-state index is 11.1. The molecule has 2 aromatic heterocycles. The van der Waals surface area contributed by atoms with Gasteiger partial charge in [-0.15, -0.1) is 0 Å². The monoisotopic (exact) mass is 454 g/mol. The molecule has 7 nitrogen and oxygen atoms in total. The number of benzene rings is 4. The summed E-state index contributed by atoms with van der Waals surface area (Å²) >= 11 is 1.34. The van der Waals surface area contributed by atoms with E-state index < -0.39 is 23.6 Å². The van der Waals surface area contributed by atoms with E-state index in [4.69, 9.17) is 0 Å². The van der Waals surface area contributed by atoms with Crippen LogP contribution in [0.4, 0.5) is 0 Å². The van der Waals surface area contributed by atoms with Crippen LogP contribution in [0, 0.1) is 0 Å². The summed E-state index contributed by atoms with van der Waals surface area (Å²) in [5, 5.41) is 39.4. The van der Waals surface area contributed by atoms with Gasteiger partial charge < -0.3 is 20.3 Å². The maximum Gasteiger partial charge on any atom is 0.181 e. The van der Waals surface area contributed by atoms with Crippen molar-refractivity contribution in [1.29, 1.82) is 0 Å². The smallest absolute Gasteiger partial charge is 0.181 e. The van der Waals surface area contributed by atoms with Crippen molar-refractivity contribution in [3.63, 3.8) is 0 Å². The normalized spacial score (nSPS) is 23.1. The number of imidazole rings is 1. The van der Waals surface area contributed by atoms with E-state index in [9.17, 15) is 15.3 Å². The van der Waals surface area contributed by atoms with Gasteiger partial charge in [-0.25, -0.2) is 15.0 Å². The third-order valence-electron chi connectivity index (χ3n) is 6.73. The number of hydrogen-bond acceptors (Lipinski definition) is 7. The van der Waals surface area contributed by atoms with E-state index in [1.807, 2.05) is 12.1 Å². The first-order valence-corrected chi connectivity index (χ1v) is 11.5. The zero-order chi connectivity index (χ0) is 22.3. The number of nitrogens with zero attached hydrogens (tertiary/aromatic N) is 3. The Hall–Kier alpha value is -3.30. The Morgan fingerprint density at radius 2 is 1.61 bits per heavy atom. The van der Waals surface area contributed by atoms with Crippen molar-refractivity contribution in [2.75, 3.05) is 0 Å². The van der Waals surface area contributed by atoms with Gasteiger partial charge >= 0.3 is 0 Å². The Morgan fingerprint density at radius 1 is 0.818 bits per heavy atom. The molecule has 0 saturated carbocycles. The molecule has 7 rings (SSSR count).